The number of hydrogen-bond acceptors (Lipinski definition) is 5. The lowest BCUT2D eigenvalue weighted by Crippen LogP contribution is -2.36. The first-order valence-corrected chi connectivity index (χ1v) is 8.67. The summed E-state index contributed by atoms with van der Waals surface area (Å²) in [7, 11) is -3.63. The van der Waals surface area contributed by atoms with Gasteiger partial charge >= 0.3 is 0 Å². The molecule has 2 aliphatic rings. The molecule has 6 nitrogen and oxygen atoms in total. The van der Waals surface area contributed by atoms with Crippen molar-refractivity contribution < 1.29 is 18.3 Å². The number of benzene rings is 1. The molecule has 2 atom stereocenters. The van der Waals surface area contributed by atoms with Crippen LogP contribution in [0.15, 0.2) is 23.1 Å². The van der Waals surface area contributed by atoms with Crippen LogP contribution in [0.2, 0.25) is 0 Å². The van der Waals surface area contributed by atoms with E-state index in [9.17, 15) is 13.5 Å². The van der Waals surface area contributed by atoms with Crippen molar-refractivity contribution in [2.75, 3.05) is 24.7 Å². The van der Waals surface area contributed by atoms with Gasteiger partial charge in [0.2, 0.25) is 10.0 Å². The predicted octanol–water partition coefficient (Wildman–Crippen LogP) is 0.707. The van der Waals surface area contributed by atoms with Crippen molar-refractivity contribution in [3.63, 3.8) is 0 Å². The molecule has 0 spiro atoms. The molecule has 0 unspecified atom stereocenters. The van der Waals surface area contributed by atoms with Crippen molar-refractivity contribution in [2.45, 2.75) is 36.7 Å². The van der Waals surface area contributed by atoms with Gasteiger partial charge in [0, 0.05) is 6.54 Å². The number of fused-ring (bicyclic) bond motifs is 1. The average molecular weight is 312 g/mol. The van der Waals surface area contributed by atoms with Crippen molar-refractivity contribution in [2.24, 2.45) is 0 Å². The number of rotatable bonds is 2. The van der Waals surface area contributed by atoms with Gasteiger partial charge in [-0.2, -0.15) is 0 Å². The van der Waals surface area contributed by atoms with Gasteiger partial charge in [-0.25, -0.2) is 13.1 Å². The minimum Gasteiger partial charge on any atom is -0.490 e. The SMILES string of the molecule is C[C@H]1COc2cccc(N3CCC[C@H]3CO)c2S(=O)(=O)N1. The van der Waals surface area contributed by atoms with Crippen LogP contribution < -0.4 is 14.4 Å². The van der Waals surface area contributed by atoms with Crippen LogP contribution in [0.3, 0.4) is 0 Å². The van der Waals surface area contributed by atoms with Gasteiger partial charge in [0.1, 0.15) is 17.3 Å². The first-order chi connectivity index (χ1) is 10.0. The van der Waals surface area contributed by atoms with E-state index in [1.165, 1.54) is 0 Å². The van der Waals surface area contributed by atoms with Crippen molar-refractivity contribution in [1.82, 2.24) is 4.72 Å². The largest absolute Gasteiger partial charge is 0.490 e. The lowest BCUT2D eigenvalue weighted by atomic mass is 10.2. The molecule has 1 aromatic rings. The maximum atomic E-state index is 12.6. The molecule has 0 radical (unpaired) electrons. The van der Waals surface area contributed by atoms with Gasteiger partial charge in [-0.1, -0.05) is 6.07 Å². The van der Waals surface area contributed by atoms with Crippen molar-refractivity contribution in [3.8, 4) is 5.75 Å². The van der Waals surface area contributed by atoms with Crippen molar-refractivity contribution in [3.05, 3.63) is 18.2 Å². The van der Waals surface area contributed by atoms with Gasteiger partial charge < -0.3 is 14.7 Å². The first-order valence-electron chi connectivity index (χ1n) is 7.18. The van der Waals surface area contributed by atoms with E-state index in [4.69, 9.17) is 4.74 Å². The highest BCUT2D eigenvalue weighted by Gasteiger charge is 2.34. The van der Waals surface area contributed by atoms with Crippen LogP contribution in [0, 0.1) is 0 Å². The van der Waals surface area contributed by atoms with Crippen LogP contribution >= 0.6 is 0 Å². The summed E-state index contributed by atoms with van der Waals surface area (Å²) >= 11 is 0. The maximum Gasteiger partial charge on any atom is 0.246 e. The molecular weight excluding hydrogens is 292 g/mol. The number of aliphatic hydroxyl groups excluding tert-OH is 1. The molecule has 0 aromatic heterocycles. The Balaban J connectivity index is 2.12. The number of nitrogens with one attached hydrogen (secondary N) is 1. The Morgan fingerprint density at radius 2 is 2.29 bits per heavy atom. The number of ether oxygens (including phenoxy) is 1. The summed E-state index contributed by atoms with van der Waals surface area (Å²) < 4.78 is 33.5. The molecule has 2 N–H and O–H groups in total. The Morgan fingerprint density at radius 3 is 3.05 bits per heavy atom. The van der Waals surface area contributed by atoms with Crippen LogP contribution in [0.5, 0.6) is 5.75 Å². The summed E-state index contributed by atoms with van der Waals surface area (Å²) in [6.45, 7) is 2.84. The zero-order valence-corrected chi connectivity index (χ0v) is 12.8. The molecule has 2 heterocycles. The van der Waals surface area contributed by atoms with Gasteiger partial charge in [-0.15, -0.1) is 0 Å². The molecule has 116 valence electrons. The number of aliphatic hydroxyl groups is 1. The lowest BCUT2D eigenvalue weighted by Gasteiger charge is -2.27. The van der Waals surface area contributed by atoms with Gasteiger partial charge in [0.15, 0.2) is 0 Å². The normalized spacial score (nSPS) is 27.8. The zero-order chi connectivity index (χ0) is 15.0. The maximum absolute atomic E-state index is 12.6. The number of anilines is 1. The van der Waals surface area contributed by atoms with Gasteiger partial charge in [-0.3, -0.25) is 0 Å². The molecule has 2 aliphatic heterocycles. The summed E-state index contributed by atoms with van der Waals surface area (Å²) in [4.78, 5) is 2.16. The molecule has 21 heavy (non-hydrogen) atoms. The Bertz CT molecular complexity index is 632. The van der Waals surface area contributed by atoms with E-state index in [0.29, 0.717) is 18.0 Å². The smallest absolute Gasteiger partial charge is 0.246 e. The standard InChI is InChI=1S/C14H20N2O4S/c1-10-9-20-13-6-2-5-12(14(13)21(18,19)15-10)16-7-3-4-11(16)8-17/h2,5-6,10-11,15,17H,3-4,7-9H2,1H3/t10-,11-/m0/s1. The molecule has 0 saturated carbocycles. The molecule has 0 amide bonds. The number of nitrogens with zero attached hydrogens (tertiary/aromatic N) is 1. The van der Waals surface area contributed by atoms with Crippen LogP contribution in [-0.2, 0) is 10.0 Å². The number of hydrogen-bond donors (Lipinski definition) is 2. The Hall–Kier alpha value is -1.31. The van der Waals surface area contributed by atoms with Crippen LogP contribution in [0.25, 0.3) is 0 Å². The number of sulfonamides is 1. The topological polar surface area (TPSA) is 78.9 Å². The quantitative estimate of drug-likeness (QED) is 0.841. The minimum absolute atomic E-state index is 0.0222. The summed E-state index contributed by atoms with van der Waals surface area (Å²) in [5, 5.41) is 9.49. The van der Waals surface area contributed by atoms with E-state index in [1.54, 1.807) is 25.1 Å². The van der Waals surface area contributed by atoms with E-state index in [1.807, 2.05) is 4.90 Å². The lowest BCUT2D eigenvalue weighted by molar-refractivity contribution is 0.265. The minimum atomic E-state index is -3.63. The molecule has 7 heteroatoms. The third kappa shape index (κ3) is 2.61. The third-order valence-corrected chi connectivity index (χ3v) is 5.63. The summed E-state index contributed by atoms with van der Waals surface area (Å²) in [5.74, 6) is 0.382. The highest BCUT2D eigenvalue weighted by Crippen LogP contribution is 2.38. The fraction of sp³-hybridized carbons (Fsp3) is 0.571. The fourth-order valence-corrected chi connectivity index (χ4v) is 4.60. The first kappa shape index (κ1) is 14.6. The molecule has 0 aliphatic carbocycles. The second-order valence-electron chi connectivity index (χ2n) is 5.61. The van der Waals surface area contributed by atoms with E-state index >= 15 is 0 Å². The van der Waals surface area contributed by atoms with Gasteiger partial charge in [0.05, 0.1) is 24.4 Å². The van der Waals surface area contributed by atoms with Gasteiger partial charge in [0.25, 0.3) is 0 Å². The van der Waals surface area contributed by atoms with Gasteiger partial charge in [-0.05, 0) is 31.9 Å². The molecule has 3 rings (SSSR count). The summed E-state index contributed by atoms with van der Waals surface area (Å²) in [6, 6.07) is 4.95. The second-order valence-corrected chi connectivity index (χ2v) is 7.26. The molecule has 1 saturated heterocycles. The molecular formula is C14H20N2O4S. The Labute approximate surface area is 124 Å². The van der Waals surface area contributed by atoms with Crippen LogP contribution in [-0.4, -0.2) is 45.4 Å². The van der Waals surface area contributed by atoms with Crippen LogP contribution in [0.1, 0.15) is 19.8 Å². The fourth-order valence-electron chi connectivity index (χ4n) is 3.03. The molecule has 1 fully saturated rings. The summed E-state index contributed by atoms with van der Waals surface area (Å²) in [5.41, 5.74) is 0.616. The van der Waals surface area contributed by atoms with Crippen LogP contribution in [0.4, 0.5) is 5.69 Å². The van der Waals surface area contributed by atoms with E-state index < -0.39 is 10.0 Å². The van der Waals surface area contributed by atoms with E-state index in [0.717, 1.165) is 19.4 Å². The molecule has 1 aromatic carbocycles. The Kier molecular flexibility index (Phi) is 3.81. The molecule has 0 bridgehead atoms. The van der Waals surface area contributed by atoms with Crippen molar-refractivity contribution >= 4 is 15.7 Å². The predicted molar refractivity (Wildman–Crippen MR) is 79.2 cm³/mol. The third-order valence-electron chi connectivity index (χ3n) is 3.97. The zero-order valence-electron chi connectivity index (χ0n) is 11.9. The van der Waals surface area contributed by atoms with Crippen molar-refractivity contribution in [1.29, 1.82) is 0 Å². The van der Waals surface area contributed by atoms with E-state index in [2.05, 4.69) is 4.72 Å². The monoisotopic (exact) mass is 312 g/mol. The summed E-state index contributed by atoms with van der Waals surface area (Å²) in [6.07, 6.45) is 1.81. The highest BCUT2D eigenvalue weighted by molar-refractivity contribution is 7.89. The highest BCUT2D eigenvalue weighted by atomic mass is 32.2. The Morgan fingerprint density at radius 1 is 1.48 bits per heavy atom. The second kappa shape index (κ2) is 5.47. The average Bonchev–Trinajstić information content (AvgIpc) is 2.88. The van der Waals surface area contributed by atoms with E-state index in [-0.39, 0.29) is 23.6 Å².